The van der Waals surface area contributed by atoms with Gasteiger partial charge < -0.3 is 14.5 Å². The van der Waals surface area contributed by atoms with Gasteiger partial charge in [-0.15, -0.1) is 0 Å². The molecule has 1 spiro atoms. The highest BCUT2D eigenvalue weighted by atomic mass is 16.5. The predicted molar refractivity (Wildman–Crippen MR) is 89.5 cm³/mol. The first-order valence-corrected chi connectivity index (χ1v) is 9.51. The van der Waals surface area contributed by atoms with Crippen molar-refractivity contribution in [3.05, 3.63) is 0 Å². The topological polar surface area (TPSA) is 53.1 Å². The number of amides is 2. The zero-order valence-electron chi connectivity index (χ0n) is 14.7. The lowest BCUT2D eigenvalue weighted by Gasteiger charge is -2.51. The van der Waals surface area contributed by atoms with Gasteiger partial charge in [-0.25, -0.2) is 0 Å². The molecule has 0 N–H and O–H groups in total. The number of piperidine rings is 1. The molecule has 0 aromatic rings. The fourth-order valence-electron chi connectivity index (χ4n) is 4.50. The van der Waals surface area contributed by atoms with Gasteiger partial charge in [-0.05, 0) is 51.5 Å². The number of ether oxygens (including phenoxy) is 1. The van der Waals surface area contributed by atoms with Crippen molar-refractivity contribution in [2.45, 2.75) is 50.2 Å². The Kier molecular flexibility index (Phi) is 4.29. The number of likely N-dealkylation sites (N-methyl/N-ethyl adjacent to an activating group) is 1. The third-order valence-corrected chi connectivity index (χ3v) is 6.40. The van der Waals surface area contributed by atoms with Gasteiger partial charge >= 0.3 is 0 Å². The van der Waals surface area contributed by atoms with Crippen LogP contribution in [0.3, 0.4) is 0 Å². The van der Waals surface area contributed by atoms with Gasteiger partial charge in [-0.1, -0.05) is 0 Å². The van der Waals surface area contributed by atoms with Gasteiger partial charge in [0.1, 0.15) is 11.6 Å². The number of carbonyl (C=O) groups excluding carboxylic acids is 2. The van der Waals surface area contributed by atoms with E-state index in [1.54, 1.807) is 0 Å². The minimum atomic E-state index is -0.388. The first-order valence-electron chi connectivity index (χ1n) is 9.51. The van der Waals surface area contributed by atoms with E-state index in [2.05, 4.69) is 16.8 Å². The summed E-state index contributed by atoms with van der Waals surface area (Å²) in [7, 11) is 2.07. The fourth-order valence-corrected chi connectivity index (χ4v) is 4.50. The summed E-state index contributed by atoms with van der Waals surface area (Å²) in [6.45, 7) is 4.78. The summed E-state index contributed by atoms with van der Waals surface area (Å²) in [5.74, 6) is 1.16. The average molecular weight is 335 g/mol. The van der Waals surface area contributed by atoms with Crippen LogP contribution in [0, 0.1) is 5.92 Å². The first-order chi connectivity index (χ1) is 11.6. The number of hydrogen-bond donors (Lipinski definition) is 0. The van der Waals surface area contributed by atoms with Crippen LogP contribution >= 0.6 is 0 Å². The average Bonchev–Trinajstić information content (AvgIpc) is 3.25. The zero-order chi connectivity index (χ0) is 16.7. The molecule has 0 bridgehead atoms. The van der Waals surface area contributed by atoms with Gasteiger partial charge in [-0.3, -0.25) is 14.5 Å². The highest BCUT2D eigenvalue weighted by molar-refractivity contribution is 5.88. The largest absolute Gasteiger partial charge is 0.368 e. The van der Waals surface area contributed by atoms with Crippen LogP contribution in [0.4, 0.5) is 0 Å². The summed E-state index contributed by atoms with van der Waals surface area (Å²) in [5.41, 5.74) is -0.388. The second-order valence-corrected chi connectivity index (χ2v) is 7.97. The molecule has 6 nitrogen and oxygen atoms in total. The molecular weight excluding hydrogens is 306 g/mol. The Morgan fingerprint density at radius 2 is 1.92 bits per heavy atom. The lowest BCUT2D eigenvalue weighted by Crippen LogP contribution is -2.68. The lowest BCUT2D eigenvalue weighted by atomic mass is 9.82. The van der Waals surface area contributed by atoms with Crippen molar-refractivity contribution < 1.29 is 14.3 Å². The smallest absolute Gasteiger partial charge is 0.251 e. The monoisotopic (exact) mass is 335 g/mol. The molecule has 4 rings (SSSR count). The van der Waals surface area contributed by atoms with E-state index in [4.69, 9.17) is 4.74 Å². The molecule has 1 atom stereocenters. The second kappa shape index (κ2) is 6.30. The number of hydrogen-bond acceptors (Lipinski definition) is 4. The normalized spacial score (nSPS) is 31.0. The van der Waals surface area contributed by atoms with E-state index in [-0.39, 0.29) is 17.6 Å². The van der Waals surface area contributed by atoms with Crippen molar-refractivity contribution in [2.75, 3.05) is 46.4 Å². The Morgan fingerprint density at radius 3 is 2.54 bits per heavy atom. The third kappa shape index (κ3) is 2.84. The molecule has 6 heteroatoms. The fraction of sp³-hybridized carbons (Fsp3) is 0.889. The van der Waals surface area contributed by atoms with Crippen LogP contribution in [0.1, 0.15) is 38.5 Å². The minimum Gasteiger partial charge on any atom is -0.368 e. The lowest BCUT2D eigenvalue weighted by molar-refractivity contribution is -0.158. The van der Waals surface area contributed by atoms with Gasteiger partial charge in [0.25, 0.3) is 5.91 Å². The molecule has 0 radical (unpaired) electrons. The van der Waals surface area contributed by atoms with Crippen LogP contribution in [0.5, 0.6) is 0 Å². The van der Waals surface area contributed by atoms with E-state index < -0.39 is 0 Å². The molecule has 3 saturated heterocycles. The van der Waals surface area contributed by atoms with Gasteiger partial charge in [-0.2, -0.15) is 0 Å². The zero-order valence-corrected chi connectivity index (χ0v) is 14.7. The van der Waals surface area contributed by atoms with Crippen LogP contribution < -0.4 is 0 Å². The summed E-state index contributed by atoms with van der Waals surface area (Å²) < 4.78 is 5.54. The Balaban J connectivity index is 1.41. The summed E-state index contributed by atoms with van der Waals surface area (Å²) in [6.07, 6.45) is 5.63. The van der Waals surface area contributed by atoms with E-state index in [0.717, 1.165) is 51.2 Å². The molecule has 0 unspecified atom stereocenters. The maximum absolute atomic E-state index is 13.2. The molecule has 1 saturated carbocycles. The summed E-state index contributed by atoms with van der Waals surface area (Å²) in [5, 5.41) is 0. The Morgan fingerprint density at radius 1 is 1.17 bits per heavy atom. The standard InChI is InChI=1S/C18H29N3O3/c1-19-10-11-21(13-14-4-5-14)17(23)18(19)6-8-20(9-7-18)16(22)15-3-2-12-24-15/h14-15H,2-13H2,1H3/t15-/m0/s1. The summed E-state index contributed by atoms with van der Waals surface area (Å²) >= 11 is 0. The molecular formula is C18H29N3O3. The summed E-state index contributed by atoms with van der Waals surface area (Å²) in [4.78, 5) is 32.0. The van der Waals surface area contributed by atoms with E-state index in [1.807, 2.05) is 4.90 Å². The molecule has 3 heterocycles. The van der Waals surface area contributed by atoms with Crippen molar-refractivity contribution in [2.24, 2.45) is 5.92 Å². The van der Waals surface area contributed by atoms with Crippen molar-refractivity contribution in [1.82, 2.24) is 14.7 Å². The van der Waals surface area contributed by atoms with E-state index >= 15 is 0 Å². The minimum absolute atomic E-state index is 0.128. The van der Waals surface area contributed by atoms with Crippen LogP contribution in [0.25, 0.3) is 0 Å². The van der Waals surface area contributed by atoms with Crippen molar-refractivity contribution in [3.8, 4) is 0 Å². The number of piperazine rings is 1. The molecule has 1 aliphatic carbocycles. The van der Waals surface area contributed by atoms with Crippen LogP contribution in [0.15, 0.2) is 0 Å². The highest BCUT2D eigenvalue weighted by Crippen LogP contribution is 2.36. The van der Waals surface area contributed by atoms with Gasteiger partial charge in [0.15, 0.2) is 0 Å². The Labute approximate surface area is 144 Å². The molecule has 134 valence electrons. The summed E-state index contributed by atoms with van der Waals surface area (Å²) in [6, 6.07) is 0. The van der Waals surface area contributed by atoms with Gasteiger partial charge in [0, 0.05) is 39.3 Å². The number of likely N-dealkylation sites (tertiary alicyclic amines) is 1. The highest BCUT2D eigenvalue weighted by Gasteiger charge is 2.50. The molecule has 3 aliphatic heterocycles. The Bertz CT molecular complexity index is 506. The van der Waals surface area contributed by atoms with Gasteiger partial charge in [0.2, 0.25) is 5.91 Å². The second-order valence-electron chi connectivity index (χ2n) is 7.97. The number of nitrogens with zero attached hydrogens (tertiary/aromatic N) is 3. The van der Waals surface area contributed by atoms with E-state index in [0.29, 0.717) is 25.6 Å². The molecule has 0 aromatic carbocycles. The molecule has 0 aromatic heterocycles. The van der Waals surface area contributed by atoms with Crippen LogP contribution in [-0.2, 0) is 14.3 Å². The number of carbonyl (C=O) groups is 2. The van der Waals surface area contributed by atoms with Gasteiger partial charge in [0.05, 0.1) is 0 Å². The first kappa shape index (κ1) is 16.3. The predicted octanol–water partition coefficient (Wildman–Crippen LogP) is 0.711. The molecule has 4 fully saturated rings. The third-order valence-electron chi connectivity index (χ3n) is 6.40. The van der Waals surface area contributed by atoms with E-state index in [9.17, 15) is 9.59 Å². The maximum Gasteiger partial charge on any atom is 0.251 e. The van der Waals surface area contributed by atoms with Crippen LogP contribution in [0.2, 0.25) is 0 Å². The SMILES string of the molecule is CN1CCN(CC2CC2)C(=O)C12CCN(C(=O)[C@@H]1CCCO1)CC2. The van der Waals surface area contributed by atoms with Crippen molar-refractivity contribution in [1.29, 1.82) is 0 Å². The maximum atomic E-state index is 13.2. The van der Waals surface area contributed by atoms with Crippen molar-refractivity contribution >= 4 is 11.8 Å². The molecule has 2 amide bonds. The number of rotatable bonds is 3. The molecule has 4 aliphatic rings. The molecule has 24 heavy (non-hydrogen) atoms. The van der Waals surface area contributed by atoms with Crippen molar-refractivity contribution in [3.63, 3.8) is 0 Å². The quantitative estimate of drug-likeness (QED) is 0.762. The Hall–Kier alpha value is -1.14. The van der Waals surface area contributed by atoms with E-state index in [1.165, 1.54) is 12.8 Å². The van der Waals surface area contributed by atoms with Crippen LogP contribution in [-0.4, -0.2) is 84.5 Å².